The van der Waals surface area contributed by atoms with Crippen LogP contribution in [0, 0.1) is 6.92 Å². The van der Waals surface area contributed by atoms with Crippen LogP contribution in [0.3, 0.4) is 0 Å². The summed E-state index contributed by atoms with van der Waals surface area (Å²) in [5.74, 6) is 1.53. The zero-order valence-electron chi connectivity index (χ0n) is 18.1. The van der Waals surface area contributed by atoms with E-state index in [9.17, 15) is 4.79 Å². The summed E-state index contributed by atoms with van der Waals surface area (Å²) in [6.45, 7) is 6.76. The Morgan fingerprint density at radius 2 is 2.06 bits per heavy atom. The molecule has 5 aromatic rings. The Morgan fingerprint density at radius 1 is 1.18 bits per heavy atom. The molecule has 10 heteroatoms. The highest BCUT2D eigenvalue weighted by atomic mass is 16.5. The molecule has 0 aromatic carbocycles. The molecule has 0 unspecified atom stereocenters. The van der Waals surface area contributed by atoms with Crippen LogP contribution in [0.2, 0.25) is 0 Å². The molecule has 0 aliphatic rings. The second kappa shape index (κ2) is 8.32. The molecular formula is C23H20N6O4. The first-order valence-corrected chi connectivity index (χ1v) is 10.2. The first-order chi connectivity index (χ1) is 16.0. The van der Waals surface area contributed by atoms with Crippen molar-refractivity contribution in [2.24, 2.45) is 0 Å². The van der Waals surface area contributed by atoms with Crippen molar-refractivity contribution in [3.05, 3.63) is 77.4 Å². The van der Waals surface area contributed by atoms with E-state index in [0.717, 1.165) is 11.3 Å². The van der Waals surface area contributed by atoms with Crippen LogP contribution in [-0.4, -0.2) is 49.6 Å². The molecule has 0 atom stereocenters. The maximum atomic E-state index is 13.3. The number of nitrogens with zero attached hydrogens (tertiary/aromatic N) is 6. The molecule has 5 heterocycles. The molecule has 166 valence electrons. The summed E-state index contributed by atoms with van der Waals surface area (Å²) in [6, 6.07) is 8.93. The lowest BCUT2D eigenvalue weighted by Gasteiger charge is -2.10. The Hall–Kier alpha value is -4.31. The van der Waals surface area contributed by atoms with Gasteiger partial charge in [-0.15, -0.1) is 10.2 Å². The van der Waals surface area contributed by atoms with Gasteiger partial charge < -0.3 is 14.0 Å². The smallest absolute Gasteiger partial charge is 0.264 e. The SMILES string of the molecule is C=C(c1nnc2ccc(-c3cc(C)no3)cn12)n1ccc2ncc(OCCOC)cc2c1=O. The minimum Gasteiger partial charge on any atom is -0.490 e. The lowest BCUT2D eigenvalue weighted by Crippen LogP contribution is -2.20. The van der Waals surface area contributed by atoms with Gasteiger partial charge in [-0.1, -0.05) is 11.7 Å². The van der Waals surface area contributed by atoms with Gasteiger partial charge in [-0.3, -0.25) is 18.7 Å². The summed E-state index contributed by atoms with van der Waals surface area (Å²) in [5, 5.41) is 12.8. The molecule has 0 saturated heterocycles. The lowest BCUT2D eigenvalue weighted by atomic mass is 10.2. The van der Waals surface area contributed by atoms with E-state index in [4.69, 9.17) is 14.0 Å². The van der Waals surface area contributed by atoms with Gasteiger partial charge in [-0.05, 0) is 31.2 Å². The summed E-state index contributed by atoms with van der Waals surface area (Å²) in [4.78, 5) is 17.6. The molecule has 0 N–H and O–H groups in total. The number of hydrogen-bond donors (Lipinski definition) is 0. The zero-order valence-corrected chi connectivity index (χ0v) is 18.1. The van der Waals surface area contributed by atoms with E-state index in [1.807, 2.05) is 31.3 Å². The lowest BCUT2D eigenvalue weighted by molar-refractivity contribution is 0.146. The number of ether oxygens (including phenoxy) is 2. The fourth-order valence-electron chi connectivity index (χ4n) is 3.48. The van der Waals surface area contributed by atoms with Gasteiger partial charge in [0.1, 0.15) is 12.4 Å². The molecule has 5 aromatic heterocycles. The van der Waals surface area contributed by atoms with Crippen LogP contribution < -0.4 is 10.3 Å². The molecule has 0 spiro atoms. The number of fused-ring (bicyclic) bond motifs is 2. The molecule has 0 radical (unpaired) electrons. The summed E-state index contributed by atoms with van der Waals surface area (Å²) >= 11 is 0. The van der Waals surface area contributed by atoms with E-state index >= 15 is 0 Å². The number of hydrogen-bond acceptors (Lipinski definition) is 8. The number of aryl methyl sites for hydroxylation is 1. The van der Waals surface area contributed by atoms with Crippen molar-refractivity contribution in [3.8, 4) is 17.1 Å². The maximum Gasteiger partial charge on any atom is 0.264 e. The number of rotatable bonds is 7. The minimum atomic E-state index is -0.291. The van der Waals surface area contributed by atoms with Crippen molar-refractivity contribution < 1.29 is 14.0 Å². The van der Waals surface area contributed by atoms with Crippen molar-refractivity contribution in [1.82, 2.24) is 29.3 Å². The second-order valence-corrected chi connectivity index (χ2v) is 7.38. The predicted molar refractivity (Wildman–Crippen MR) is 121 cm³/mol. The Bertz CT molecular complexity index is 1550. The summed E-state index contributed by atoms with van der Waals surface area (Å²) in [5.41, 5.74) is 2.81. The largest absolute Gasteiger partial charge is 0.490 e. The quantitative estimate of drug-likeness (QED) is 0.353. The minimum absolute atomic E-state index is 0.291. The summed E-state index contributed by atoms with van der Waals surface area (Å²) in [7, 11) is 1.59. The Balaban J connectivity index is 1.55. The molecule has 0 bridgehead atoms. The van der Waals surface area contributed by atoms with Crippen LogP contribution in [0.25, 0.3) is 33.6 Å². The van der Waals surface area contributed by atoms with E-state index in [1.165, 1.54) is 4.57 Å². The molecule has 33 heavy (non-hydrogen) atoms. The first-order valence-electron chi connectivity index (χ1n) is 10.2. The fraction of sp³-hybridized carbons (Fsp3) is 0.174. The van der Waals surface area contributed by atoms with Crippen LogP contribution in [0.1, 0.15) is 11.5 Å². The Morgan fingerprint density at radius 3 is 2.85 bits per heavy atom. The fourth-order valence-corrected chi connectivity index (χ4v) is 3.48. The molecule has 0 saturated carbocycles. The van der Waals surface area contributed by atoms with E-state index in [1.54, 1.807) is 36.0 Å². The van der Waals surface area contributed by atoms with Crippen LogP contribution in [0.5, 0.6) is 5.75 Å². The third kappa shape index (κ3) is 3.76. The van der Waals surface area contributed by atoms with Gasteiger partial charge in [0.2, 0.25) is 0 Å². The van der Waals surface area contributed by atoms with Gasteiger partial charge in [0.15, 0.2) is 17.2 Å². The number of pyridine rings is 3. The van der Waals surface area contributed by atoms with Crippen LogP contribution in [-0.2, 0) is 4.74 Å². The van der Waals surface area contributed by atoms with Gasteiger partial charge in [0, 0.05) is 31.1 Å². The van der Waals surface area contributed by atoms with Crippen molar-refractivity contribution in [1.29, 1.82) is 0 Å². The van der Waals surface area contributed by atoms with Crippen molar-refractivity contribution in [3.63, 3.8) is 0 Å². The van der Waals surface area contributed by atoms with Gasteiger partial charge in [0.05, 0.1) is 35.1 Å². The van der Waals surface area contributed by atoms with E-state index < -0.39 is 0 Å². The molecule has 0 fully saturated rings. The van der Waals surface area contributed by atoms with E-state index in [0.29, 0.717) is 52.8 Å². The van der Waals surface area contributed by atoms with Crippen molar-refractivity contribution in [2.45, 2.75) is 6.92 Å². The summed E-state index contributed by atoms with van der Waals surface area (Å²) in [6.07, 6.45) is 5.02. The van der Waals surface area contributed by atoms with Crippen molar-refractivity contribution >= 4 is 22.2 Å². The Kier molecular flexibility index (Phi) is 5.19. The second-order valence-electron chi connectivity index (χ2n) is 7.38. The average molecular weight is 444 g/mol. The monoisotopic (exact) mass is 444 g/mol. The highest BCUT2D eigenvalue weighted by Crippen LogP contribution is 2.23. The van der Waals surface area contributed by atoms with Crippen LogP contribution in [0.4, 0.5) is 0 Å². The van der Waals surface area contributed by atoms with Gasteiger partial charge >= 0.3 is 0 Å². The highest BCUT2D eigenvalue weighted by Gasteiger charge is 2.16. The normalized spacial score (nSPS) is 11.3. The molecule has 0 aliphatic carbocycles. The Labute approximate surface area is 187 Å². The number of aromatic nitrogens is 6. The average Bonchev–Trinajstić information content (AvgIpc) is 3.45. The topological polar surface area (TPSA) is 110 Å². The van der Waals surface area contributed by atoms with E-state index in [-0.39, 0.29) is 5.56 Å². The molecule has 0 amide bonds. The third-order valence-corrected chi connectivity index (χ3v) is 5.14. The number of methoxy groups -OCH3 is 1. The molecule has 0 aliphatic heterocycles. The summed E-state index contributed by atoms with van der Waals surface area (Å²) < 4.78 is 19.1. The first kappa shape index (κ1) is 20.6. The molecule has 10 nitrogen and oxygen atoms in total. The third-order valence-electron chi connectivity index (χ3n) is 5.14. The predicted octanol–water partition coefficient (Wildman–Crippen LogP) is 2.95. The molecular weight excluding hydrogens is 424 g/mol. The van der Waals surface area contributed by atoms with Crippen molar-refractivity contribution in [2.75, 3.05) is 20.3 Å². The highest BCUT2D eigenvalue weighted by molar-refractivity contribution is 5.80. The van der Waals surface area contributed by atoms with Gasteiger partial charge in [-0.25, -0.2) is 0 Å². The van der Waals surface area contributed by atoms with Gasteiger partial charge in [0.25, 0.3) is 5.56 Å². The standard InChI is InChI=1S/C23H20N6O4/c1-14-10-20(33-27-14)16-4-5-21-25-26-22(29(21)13-16)15(2)28-7-6-19-18(23(28)30)11-17(12-24-19)32-9-8-31-3/h4-7,10-13H,2,8-9H2,1,3H3. The molecule has 5 rings (SSSR count). The zero-order chi connectivity index (χ0) is 22.9. The van der Waals surface area contributed by atoms with Crippen LogP contribution in [0.15, 0.2) is 64.8 Å². The van der Waals surface area contributed by atoms with Gasteiger partial charge in [-0.2, -0.15) is 0 Å². The maximum absolute atomic E-state index is 13.3. The van der Waals surface area contributed by atoms with E-state index in [2.05, 4.69) is 26.9 Å². The van der Waals surface area contributed by atoms with Crippen LogP contribution >= 0.6 is 0 Å².